The van der Waals surface area contributed by atoms with Gasteiger partial charge in [-0.2, -0.15) is 0 Å². The highest BCUT2D eigenvalue weighted by Crippen LogP contribution is 2.24. The van der Waals surface area contributed by atoms with Crippen molar-refractivity contribution < 1.29 is 4.42 Å². The Bertz CT molecular complexity index is 944. The second-order valence-corrected chi connectivity index (χ2v) is 7.11. The van der Waals surface area contributed by atoms with Crippen molar-refractivity contribution in [3.8, 4) is 17.7 Å². The van der Waals surface area contributed by atoms with Gasteiger partial charge < -0.3 is 9.73 Å². The molecule has 28 heavy (non-hydrogen) atoms. The Balaban J connectivity index is 0.00000136. The van der Waals surface area contributed by atoms with Crippen LogP contribution in [0.4, 0.5) is 0 Å². The van der Waals surface area contributed by atoms with Crippen molar-refractivity contribution in [1.29, 1.82) is 5.26 Å². The molecule has 6 nitrogen and oxygen atoms in total. The van der Waals surface area contributed by atoms with Crippen molar-refractivity contribution in [3.63, 3.8) is 0 Å². The zero-order valence-electron chi connectivity index (χ0n) is 16.3. The highest BCUT2D eigenvalue weighted by atomic mass is 32.2. The molecule has 0 spiro atoms. The second kappa shape index (κ2) is 11.3. The number of oxazole rings is 1. The summed E-state index contributed by atoms with van der Waals surface area (Å²) in [5.74, 6) is 0.606. The maximum absolute atomic E-state index is 11.6. The van der Waals surface area contributed by atoms with Crippen molar-refractivity contribution in [2.24, 2.45) is 7.05 Å². The number of aryl methyl sites for hydroxylation is 1. The summed E-state index contributed by atoms with van der Waals surface area (Å²) in [6.07, 6.45) is 2.16. The number of benzene rings is 2. The van der Waals surface area contributed by atoms with Crippen LogP contribution in [-0.2, 0) is 13.5 Å². The lowest BCUT2D eigenvalue weighted by Gasteiger charge is -2.07. The molecule has 0 radical (unpaired) electrons. The summed E-state index contributed by atoms with van der Waals surface area (Å²) in [5.41, 5.74) is 4.95. The van der Waals surface area contributed by atoms with Gasteiger partial charge in [0.2, 0.25) is 0 Å². The van der Waals surface area contributed by atoms with Gasteiger partial charge in [0, 0.05) is 20.2 Å². The minimum atomic E-state index is -0.331. The van der Waals surface area contributed by atoms with E-state index in [9.17, 15) is 4.79 Å². The van der Waals surface area contributed by atoms with E-state index in [1.54, 1.807) is 19.0 Å². The molecule has 0 aliphatic rings. The van der Waals surface area contributed by atoms with Crippen LogP contribution in [0.25, 0.3) is 22.2 Å². The smallest absolute Gasteiger partial charge is 0.408 e. The highest BCUT2D eigenvalue weighted by molar-refractivity contribution is 7.97. The molecule has 0 amide bonds. The normalized spacial score (nSPS) is 10.6. The largest absolute Gasteiger partial charge is 0.419 e. The third-order valence-electron chi connectivity index (χ3n) is 4.30. The monoisotopic (exact) mass is 398 g/mol. The summed E-state index contributed by atoms with van der Waals surface area (Å²) < 4.78 is 10.1. The van der Waals surface area contributed by atoms with Crippen LogP contribution in [0, 0.1) is 11.8 Å². The van der Waals surface area contributed by atoms with Crippen LogP contribution in [0.3, 0.4) is 0 Å². The number of nitrogens with one attached hydrogen (secondary N) is 2. The quantitative estimate of drug-likeness (QED) is 0.325. The first-order chi connectivity index (χ1) is 13.7. The minimum absolute atomic E-state index is 0.331. The molecule has 0 aliphatic heterocycles. The summed E-state index contributed by atoms with van der Waals surface area (Å²) in [6.45, 7) is 7.68. The molecule has 3 rings (SSSR count). The van der Waals surface area contributed by atoms with Crippen LogP contribution in [0.1, 0.15) is 18.9 Å². The molecule has 0 saturated carbocycles. The van der Waals surface area contributed by atoms with Crippen LogP contribution in [0.5, 0.6) is 0 Å². The second-order valence-electron chi connectivity index (χ2n) is 6.24. The van der Waals surface area contributed by atoms with E-state index in [0.717, 1.165) is 48.5 Å². The van der Waals surface area contributed by atoms with E-state index in [4.69, 9.17) is 9.68 Å². The minimum Gasteiger partial charge on any atom is -0.408 e. The third kappa shape index (κ3) is 5.73. The van der Waals surface area contributed by atoms with Crippen molar-refractivity contribution in [2.45, 2.75) is 19.8 Å². The number of hydrogen-bond donors (Lipinski definition) is 2. The van der Waals surface area contributed by atoms with Gasteiger partial charge in [0.05, 0.1) is 11.4 Å². The number of nitrogens with zero attached hydrogens (tertiary/aromatic N) is 2. The van der Waals surface area contributed by atoms with E-state index in [1.807, 2.05) is 18.2 Å². The maximum Gasteiger partial charge on any atom is 0.419 e. The number of nitriles is 1. The lowest BCUT2D eigenvalue weighted by atomic mass is 10.0. The molecule has 7 heteroatoms. The van der Waals surface area contributed by atoms with Gasteiger partial charge in [0.15, 0.2) is 5.58 Å². The molecule has 0 atom stereocenters. The fraction of sp³-hybridized carbons (Fsp3) is 0.333. The van der Waals surface area contributed by atoms with Gasteiger partial charge in [0.1, 0.15) is 0 Å². The maximum atomic E-state index is 11.6. The molecule has 0 aliphatic carbocycles. The van der Waals surface area contributed by atoms with Crippen molar-refractivity contribution >= 4 is 23.0 Å². The number of rotatable bonds is 9. The van der Waals surface area contributed by atoms with Gasteiger partial charge in [-0.3, -0.25) is 9.29 Å². The molecular formula is C21H26N4O2S. The van der Waals surface area contributed by atoms with Crippen LogP contribution < -0.4 is 15.8 Å². The van der Waals surface area contributed by atoms with Gasteiger partial charge in [-0.05, 0) is 48.2 Å². The van der Waals surface area contributed by atoms with Crippen LogP contribution >= 0.6 is 11.9 Å². The fourth-order valence-electron chi connectivity index (χ4n) is 2.79. The van der Waals surface area contributed by atoms with Gasteiger partial charge in [-0.1, -0.05) is 49.2 Å². The molecule has 2 N–H and O–H groups in total. The van der Waals surface area contributed by atoms with Crippen molar-refractivity contribution in [3.05, 3.63) is 58.6 Å². The van der Waals surface area contributed by atoms with Gasteiger partial charge in [0.25, 0.3) is 0 Å². The van der Waals surface area contributed by atoms with E-state index in [1.165, 1.54) is 10.1 Å². The summed E-state index contributed by atoms with van der Waals surface area (Å²) in [5, 5.41) is 9.85. The Morgan fingerprint density at radius 2 is 1.82 bits per heavy atom. The number of hydrogen-bond acceptors (Lipinski definition) is 6. The molecule has 2 aromatic carbocycles. The standard InChI is InChI=1S/C20H25N3O2S.CHN/c1-3-11-21-14-26-22-12-10-15-4-6-16(7-5-15)17-8-9-19-18(13-17)23(2)20(24)25-19;1-2/h4-9,13,21-22H,3,10-12,14H2,1-2H3;1H. The predicted molar refractivity (Wildman–Crippen MR) is 116 cm³/mol. The third-order valence-corrected chi connectivity index (χ3v) is 5.05. The molecule has 0 bridgehead atoms. The summed E-state index contributed by atoms with van der Waals surface area (Å²) in [7, 11) is 1.73. The Kier molecular flexibility index (Phi) is 8.82. The van der Waals surface area contributed by atoms with Crippen LogP contribution in [0.2, 0.25) is 0 Å². The van der Waals surface area contributed by atoms with E-state index >= 15 is 0 Å². The topological polar surface area (TPSA) is 83.0 Å². The molecule has 3 aromatic rings. The average molecular weight is 399 g/mol. The fourth-order valence-corrected chi connectivity index (χ4v) is 3.38. The Morgan fingerprint density at radius 3 is 2.54 bits per heavy atom. The first kappa shape index (κ1) is 21.8. The van der Waals surface area contributed by atoms with Crippen LogP contribution in [-0.4, -0.2) is 23.5 Å². The summed E-state index contributed by atoms with van der Waals surface area (Å²) >= 11 is 1.72. The van der Waals surface area contributed by atoms with E-state index in [2.05, 4.69) is 47.8 Å². The Morgan fingerprint density at radius 1 is 1.11 bits per heavy atom. The number of aromatic nitrogens is 1. The van der Waals surface area contributed by atoms with Crippen molar-refractivity contribution in [2.75, 3.05) is 19.0 Å². The van der Waals surface area contributed by atoms with E-state index in [0.29, 0.717) is 5.58 Å². The molecule has 1 heterocycles. The predicted octanol–water partition coefficient (Wildman–Crippen LogP) is 3.68. The zero-order valence-corrected chi connectivity index (χ0v) is 17.1. The zero-order chi connectivity index (χ0) is 20.4. The SMILES string of the molecule is C#N.CCCNCSNCCc1ccc(-c2ccc3oc(=O)n(C)c3c2)cc1. The number of fused-ring (bicyclic) bond motifs is 1. The highest BCUT2D eigenvalue weighted by Gasteiger charge is 2.07. The van der Waals surface area contributed by atoms with Gasteiger partial charge >= 0.3 is 5.76 Å². The first-order valence-electron chi connectivity index (χ1n) is 9.19. The summed E-state index contributed by atoms with van der Waals surface area (Å²) in [4.78, 5) is 11.6. The summed E-state index contributed by atoms with van der Waals surface area (Å²) in [6, 6.07) is 14.4. The molecule has 148 valence electrons. The lowest BCUT2D eigenvalue weighted by Crippen LogP contribution is -2.18. The van der Waals surface area contributed by atoms with Gasteiger partial charge in [-0.15, -0.1) is 0 Å². The Hall–Kier alpha value is -2.53. The first-order valence-corrected chi connectivity index (χ1v) is 10.2. The average Bonchev–Trinajstić information content (AvgIpc) is 3.02. The van der Waals surface area contributed by atoms with Crippen molar-refractivity contribution in [1.82, 2.24) is 14.6 Å². The molecule has 0 unspecified atom stereocenters. The molecule has 0 saturated heterocycles. The van der Waals surface area contributed by atoms with Gasteiger partial charge in [-0.25, -0.2) is 10.1 Å². The lowest BCUT2D eigenvalue weighted by molar-refractivity contribution is 0.528. The van der Waals surface area contributed by atoms with Crippen LogP contribution in [0.15, 0.2) is 51.7 Å². The molecule has 0 fully saturated rings. The van der Waals surface area contributed by atoms with E-state index < -0.39 is 0 Å². The molecular weight excluding hydrogens is 372 g/mol. The van der Waals surface area contributed by atoms with E-state index in [-0.39, 0.29) is 5.76 Å². The molecule has 1 aromatic heterocycles. The Labute approximate surface area is 169 Å².